The highest BCUT2D eigenvalue weighted by atomic mass is 19.4. The lowest BCUT2D eigenvalue weighted by Crippen LogP contribution is -2.30. The molecule has 0 aromatic carbocycles. The second kappa shape index (κ2) is 4.33. The number of halogens is 3. The summed E-state index contributed by atoms with van der Waals surface area (Å²) in [6.07, 6.45) is -2.46. The molecule has 2 rings (SSSR count). The van der Waals surface area contributed by atoms with Gasteiger partial charge in [-0.3, -0.25) is 10.00 Å². The minimum atomic E-state index is -4.37. The molecule has 3 nitrogen and oxygen atoms in total. The Balaban J connectivity index is 2.20. The van der Waals surface area contributed by atoms with Gasteiger partial charge in [0.05, 0.1) is 11.7 Å². The van der Waals surface area contributed by atoms with Crippen LogP contribution in [0.4, 0.5) is 13.2 Å². The highest BCUT2D eigenvalue weighted by Crippen LogP contribution is 2.35. The van der Waals surface area contributed by atoms with Gasteiger partial charge in [-0.1, -0.05) is 0 Å². The van der Waals surface area contributed by atoms with Crippen molar-refractivity contribution in [2.24, 2.45) is 0 Å². The fraction of sp³-hybridized carbons (Fsp3) is 0.727. The first-order valence-corrected chi connectivity index (χ1v) is 5.78. The summed E-state index contributed by atoms with van der Waals surface area (Å²) in [5.41, 5.74) is -0.258. The van der Waals surface area contributed by atoms with Crippen LogP contribution in [0.15, 0.2) is 6.07 Å². The zero-order chi connectivity index (χ0) is 12.6. The Labute approximate surface area is 98.0 Å². The summed E-state index contributed by atoms with van der Waals surface area (Å²) in [6, 6.07) is 1.50. The fourth-order valence-corrected chi connectivity index (χ4v) is 2.39. The van der Waals surface area contributed by atoms with Crippen LogP contribution in [0.5, 0.6) is 0 Å². The number of H-pyrrole nitrogens is 1. The van der Waals surface area contributed by atoms with Crippen molar-refractivity contribution in [3.63, 3.8) is 0 Å². The van der Waals surface area contributed by atoms with Crippen LogP contribution in [0.2, 0.25) is 0 Å². The number of rotatable bonds is 2. The smallest absolute Gasteiger partial charge is 0.292 e. The standard InChI is InChI=1S/C11H16F3N3/c1-7(2)17-5-3-4-9(17)8-6-10(16-15-8)11(12,13)14/h6-7,9H,3-5H2,1-2H3,(H,15,16)/t9-/m0/s1. The van der Waals surface area contributed by atoms with Crippen molar-refractivity contribution in [3.8, 4) is 0 Å². The first-order chi connectivity index (χ1) is 7.89. The molecular formula is C11H16F3N3. The summed E-state index contributed by atoms with van der Waals surface area (Å²) in [6.45, 7) is 5.04. The van der Waals surface area contributed by atoms with E-state index in [1.807, 2.05) is 0 Å². The molecule has 17 heavy (non-hydrogen) atoms. The lowest BCUT2D eigenvalue weighted by molar-refractivity contribution is -0.141. The third-order valence-electron chi connectivity index (χ3n) is 3.20. The van der Waals surface area contributed by atoms with Crippen molar-refractivity contribution in [3.05, 3.63) is 17.5 Å². The van der Waals surface area contributed by atoms with E-state index in [-0.39, 0.29) is 6.04 Å². The fourth-order valence-electron chi connectivity index (χ4n) is 2.39. The highest BCUT2D eigenvalue weighted by molar-refractivity contribution is 5.16. The van der Waals surface area contributed by atoms with Crippen molar-refractivity contribution >= 4 is 0 Å². The molecule has 6 heteroatoms. The van der Waals surface area contributed by atoms with Gasteiger partial charge in [0.2, 0.25) is 0 Å². The van der Waals surface area contributed by atoms with Gasteiger partial charge in [0.25, 0.3) is 0 Å². The summed E-state index contributed by atoms with van der Waals surface area (Å²) in [7, 11) is 0. The van der Waals surface area contributed by atoms with E-state index in [1.54, 1.807) is 0 Å². The van der Waals surface area contributed by atoms with Crippen LogP contribution in [0, 0.1) is 0 Å². The zero-order valence-corrected chi connectivity index (χ0v) is 9.88. The molecule has 1 atom stereocenters. The molecule has 0 bridgehead atoms. The van der Waals surface area contributed by atoms with Crippen LogP contribution in [0.1, 0.15) is 44.1 Å². The number of aromatic nitrogens is 2. The minimum absolute atomic E-state index is 0.0404. The maximum Gasteiger partial charge on any atom is 0.435 e. The van der Waals surface area contributed by atoms with Gasteiger partial charge in [-0.15, -0.1) is 0 Å². The number of nitrogens with zero attached hydrogens (tertiary/aromatic N) is 2. The molecular weight excluding hydrogens is 231 g/mol. The Morgan fingerprint density at radius 3 is 2.71 bits per heavy atom. The quantitative estimate of drug-likeness (QED) is 0.871. The van der Waals surface area contributed by atoms with Gasteiger partial charge in [0.15, 0.2) is 5.69 Å². The summed E-state index contributed by atoms with van der Waals surface area (Å²) in [5.74, 6) is 0. The number of aromatic amines is 1. The SMILES string of the molecule is CC(C)N1CCC[C@H]1c1cc(C(F)(F)F)n[nH]1. The van der Waals surface area contributed by atoms with Gasteiger partial charge in [0, 0.05) is 6.04 Å². The average molecular weight is 247 g/mol. The average Bonchev–Trinajstić information content (AvgIpc) is 2.85. The second-order valence-electron chi connectivity index (χ2n) is 4.70. The second-order valence-corrected chi connectivity index (χ2v) is 4.70. The Hall–Kier alpha value is -1.04. The van der Waals surface area contributed by atoms with Crippen LogP contribution in [0.3, 0.4) is 0 Å². The molecule has 0 amide bonds. The van der Waals surface area contributed by atoms with Gasteiger partial charge < -0.3 is 0 Å². The maximum absolute atomic E-state index is 12.4. The summed E-state index contributed by atoms with van der Waals surface area (Å²) >= 11 is 0. The predicted octanol–water partition coefficient (Wildman–Crippen LogP) is 2.97. The molecule has 1 aliphatic rings. The molecule has 1 N–H and O–H groups in total. The Morgan fingerprint density at radius 1 is 1.47 bits per heavy atom. The Morgan fingerprint density at radius 2 is 2.18 bits per heavy atom. The third-order valence-corrected chi connectivity index (χ3v) is 3.20. The van der Waals surface area contributed by atoms with E-state index in [1.165, 1.54) is 0 Å². The summed E-state index contributed by atoms with van der Waals surface area (Å²) < 4.78 is 37.3. The molecule has 1 aromatic heterocycles. The molecule has 1 fully saturated rings. The molecule has 2 heterocycles. The van der Waals surface area contributed by atoms with Gasteiger partial charge in [-0.05, 0) is 39.3 Å². The number of hydrogen-bond acceptors (Lipinski definition) is 2. The normalized spacial score (nSPS) is 22.6. The molecule has 1 aliphatic heterocycles. The van der Waals surface area contributed by atoms with Crippen molar-refractivity contribution in [1.82, 2.24) is 15.1 Å². The molecule has 0 unspecified atom stereocenters. The van der Waals surface area contributed by atoms with Crippen molar-refractivity contribution in [1.29, 1.82) is 0 Å². The molecule has 1 saturated heterocycles. The first kappa shape index (κ1) is 12.4. The lowest BCUT2D eigenvalue weighted by atomic mass is 10.1. The van der Waals surface area contributed by atoms with E-state index in [2.05, 4.69) is 28.9 Å². The molecule has 0 spiro atoms. The Kier molecular flexibility index (Phi) is 3.16. The van der Waals surface area contributed by atoms with Crippen LogP contribution >= 0.6 is 0 Å². The number of nitrogens with one attached hydrogen (secondary N) is 1. The third kappa shape index (κ3) is 2.46. The van der Waals surface area contributed by atoms with Crippen LogP contribution in [-0.2, 0) is 6.18 Å². The van der Waals surface area contributed by atoms with Crippen molar-refractivity contribution in [2.75, 3.05) is 6.54 Å². The molecule has 0 radical (unpaired) electrons. The first-order valence-electron chi connectivity index (χ1n) is 5.78. The van der Waals surface area contributed by atoms with Crippen LogP contribution < -0.4 is 0 Å². The number of hydrogen-bond donors (Lipinski definition) is 1. The minimum Gasteiger partial charge on any atom is -0.292 e. The maximum atomic E-state index is 12.4. The summed E-state index contributed by atoms with van der Waals surface area (Å²) in [5, 5.41) is 5.88. The van der Waals surface area contributed by atoms with Gasteiger partial charge in [0.1, 0.15) is 0 Å². The topological polar surface area (TPSA) is 31.9 Å². The predicted molar refractivity (Wildman–Crippen MR) is 57.4 cm³/mol. The molecule has 0 aliphatic carbocycles. The zero-order valence-electron chi connectivity index (χ0n) is 9.88. The van der Waals surface area contributed by atoms with Crippen molar-refractivity contribution in [2.45, 2.75) is 44.9 Å². The highest BCUT2D eigenvalue weighted by Gasteiger charge is 2.36. The lowest BCUT2D eigenvalue weighted by Gasteiger charge is -2.27. The van der Waals surface area contributed by atoms with Gasteiger partial charge in [-0.2, -0.15) is 18.3 Å². The van der Waals surface area contributed by atoms with E-state index < -0.39 is 11.9 Å². The van der Waals surface area contributed by atoms with Crippen LogP contribution in [-0.4, -0.2) is 27.7 Å². The molecule has 0 saturated carbocycles. The van der Waals surface area contributed by atoms with Crippen molar-refractivity contribution < 1.29 is 13.2 Å². The summed E-state index contributed by atoms with van der Waals surface area (Å²) in [4.78, 5) is 2.20. The van der Waals surface area contributed by atoms with E-state index in [0.29, 0.717) is 11.7 Å². The van der Waals surface area contributed by atoms with Gasteiger partial charge >= 0.3 is 6.18 Å². The Bertz CT molecular complexity index is 384. The van der Waals surface area contributed by atoms with E-state index in [9.17, 15) is 13.2 Å². The van der Waals surface area contributed by atoms with Gasteiger partial charge in [-0.25, -0.2) is 0 Å². The van der Waals surface area contributed by atoms with E-state index in [4.69, 9.17) is 0 Å². The molecule has 1 aromatic rings. The van der Waals surface area contributed by atoms with E-state index in [0.717, 1.165) is 25.5 Å². The molecule has 96 valence electrons. The number of alkyl halides is 3. The monoisotopic (exact) mass is 247 g/mol. The van der Waals surface area contributed by atoms with Crippen LogP contribution in [0.25, 0.3) is 0 Å². The number of likely N-dealkylation sites (tertiary alicyclic amines) is 1. The van der Waals surface area contributed by atoms with E-state index >= 15 is 0 Å². The largest absolute Gasteiger partial charge is 0.435 e.